The number of phenolic OH excluding ortho intramolecular Hbond substituents is 1. The second-order valence-electron chi connectivity index (χ2n) is 6.64. The Labute approximate surface area is 146 Å². The molecule has 0 radical (unpaired) electrons. The zero-order chi connectivity index (χ0) is 17.4. The van der Waals surface area contributed by atoms with Crippen molar-refractivity contribution in [1.82, 2.24) is 10.2 Å². The summed E-state index contributed by atoms with van der Waals surface area (Å²) in [6.07, 6.45) is 1.36. The van der Waals surface area contributed by atoms with E-state index >= 15 is 0 Å². The van der Waals surface area contributed by atoms with Gasteiger partial charge in [0.25, 0.3) is 0 Å². The molecule has 0 bridgehead atoms. The standard InChI is InChI=1S/C19H22N2O4/c1-12-5-8-17(25-12)18-11-21(9-10-24-18)19(23)20-15-7-6-14-13(15)3-2-4-16(14)22/h2-5,8,15,18,22H,6-7,9-11H2,1H3,(H,20,23)/t15-,18-/m0/s1. The average Bonchev–Trinajstić information content (AvgIpc) is 3.23. The third-order valence-corrected chi connectivity index (χ3v) is 4.98. The van der Waals surface area contributed by atoms with Gasteiger partial charge in [0, 0.05) is 6.54 Å². The lowest BCUT2D eigenvalue weighted by Gasteiger charge is -2.33. The molecular formula is C19H22N2O4. The summed E-state index contributed by atoms with van der Waals surface area (Å²) in [5.41, 5.74) is 1.96. The molecular weight excluding hydrogens is 320 g/mol. The number of rotatable bonds is 2. The highest BCUT2D eigenvalue weighted by Crippen LogP contribution is 2.36. The van der Waals surface area contributed by atoms with Crippen LogP contribution in [0.1, 0.15) is 41.2 Å². The number of furan rings is 1. The molecule has 1 aliphatic carbocycles. The second-order valence-corrected chi connectivity index (χ2v) is 6.64. The molecule has 2 amide bonds. The van der Waals surface area contributed by atoms with Crippen LogP contribution in [0.15, 0.2) is 34.7 Å². The van der Waals surface area contributed by atoms with Gasteiger partial charge in [-0.2, -0.15) is 0 Å². The van der Waals surface area contributed by atoms with Crippen molar-refractivity contribution in [2.75, 3.05) is 19.7 Å². The van der Waals surface area contributed by atoms with Gasteiger partial charge in [0.2, 0.25) is 0 Å². The number of nitrogens with zero attached hydrogens (tertiary/aromatic N) is 1. The Morgan fingerprint density at radius 2 is 2.20 bits per heavy atom. The number of amides is 2. The van der Waals surface area contributed by atoms with E-state index in [4.69, 9.17) is 9.15 Å². The van der Waals surface area contributed by atoms with Crippen LogP contribution in [0.2, 0.25) is 0 Å². The maximum atomic E-state index is 12.7. The van der Waals surface area contributed by atoms with Gasteiger partial charge in [-0.25, -0.2) is 4.79 Å². The summed E-state index contributed by atoms with van der Waals surface area (Å²) in [5.74, 6) is 1.91. The van der Waals surface area contributed by atoms with Crippen LogP contribution >= 0.6 is 0 Å². The van der Waals surface area contributed by atoms with Crippen molar-refractivity contribution in [1.29, 1.82) is 0 Å². The third-order valence-electron chi connectivity index (χ3n) is 4.98. The minimum atomic E-state index is -0.229. The lowest BCUT2D eigenvalue weighted by Crippen LogP contribution is -2.47. The quantitative estimate of drug-likeness (QED) is 0.879. The number of nitrogens with one attached hydrogen (secondary N) is 1. The zero-order valence-electron chi connectivity index (χ0n) is 14.2. The monoisotopic (exact) mass is 342 g/mol. The molecule has 1 aliphatic heterocycles. The van der Waals surface area contributed by atoms with Gasteiger partial charge in [-0.15, -0.1) is 0 Å². The number of ether oxygens (including phenoxy) is 1. The maximum Gasteiger partial charge on any atom is 0.318 e. The van der Waals surface area contributed by atoms with E-state index in [2.05, 4.69) is 5.32 Å². The summed E-state index contributed by atoms with van der Waals surface area (Å²) in [5, 5.41) is 13.0. The lowest BCUT2D eigenvalue weighted by atomic mass is 10.1. The van der Waals surface area contributed by atoms with E-state index in [0.29, 0.717) is 25.4 Å². The maximum absolute atomic E-state index is 12.7. The van der Waals surface area contributed by atoms with Crippen molar-refractivity contribution in [3.63, 3.8) is 0 Å². The second kappa shape index (κ2) is 6.44. The fourth-order valence-electron chi connectivity index (χ4n) is 3.66. The molecule has 2 aromatic rings. The highest BCUT2D eigenvalue weighted by atomic mass is 16.5. The van der Waals surface area contributed by atoms with Crippen LogP contribution in [0.3, 0.4) is 0 Å². The molecule has 2 aliphatic rings. The molecule has 6 heteroatoms. The molecule has 0 spiro atoms. The number of morpholine rings is 1. The summed E-state index contributed by atoms with van der Waals surface area (Å²) in [4.78, 5) is 14.5. The summed E-state index contributed by atoms with van der Waals surface area (Å²) in [6.45, 7) is 3.41. The van der Waals surface area contributed by atoms with Gasteiger partial charge in [-0.05, 0) is 49.1 Å². The fraction of sp³-hybridized carbons (Fsp3) is 0.421. The van der Waals surface area contributed by atoms with Gasteiger partial charge in [0.15, 0.2) is 0 Å². The van der Waals surface area contributed by atoms with Crippen molar-refractivity contribution >= 4 is 6.03 Å². The predicted molar refractivity (Wildman–Crippen MR) is 91.4 cm³/mol. The molecule has 2 atom stereocenters. The lowest BCUT2D eigenvalue weighted by molar-refractivity contribution is -0.0266. The Balaban J connectivity index is 1.43. The first-order valence-corrected chi connectivity index (χ1v) is 8.66. The van der Waals surface area contributed by atoms with Crippen LogP contribution in [0.25, 0.3) is 0 Å². The highest BCUT2D eigenvalue weighted by molar-refractivity contribution is 5.75. The number of fused-ring (bicyclic) bond motifs is 1. The summed E-state index contributed by atoms with van der Waals surface area (Å²) >= 11 is 0. The Kier molecular flexibility index (Phi) is 4.13. The molecule has 1 fully saturated rings. The number of carbonyl (C=O) groups is 1. The molecule has 2 N–H and O–H groups in total. The van der Waals surface area contributed by atoms with E-state index in [1.54, 1.807) is 11.0 Å². The van der Waals surface area contributed by atoms with Crippen LogP contribution in [0, 0.1) is 6.92 Å². The Bertz CT molecular complexity index is 785. The van der Waals surface area contributed by atoms with E-state index in [9.17, 15) is 9.90 Å². The van der Waals surface area contributed by atoms with Crippen molar-refractivity contribution in [3.8, 4) is 5.75 Å². The van der Waals surface area contributed by atoms with Gasteiger partial charge in [-0.1, -0.05) is 12.1 Å². The molecule has 4 rings (SSSR count). The number of carbonyl (C=O) groups excluding carboxylic acids is 1. The molecule has 1 aromatic heterocycles. The molecule has 132 valence electrons. The Hall–Kier alpha value is -2.47. The van der Waals surface area contributed by atoms with E-state index < -0.39 is 0 Å². The molecule has 0 unspecified atom stereocenters. The minimum Gasteiger partial charge on any atom is -0.508 e. The van der Waals surface area contributed by atoms with Crippen molar-refractivity contribution in [2.24, 2.45) is 0 Å². The smallest absolute Gasteiger partial charge is 0.318 e. The van der Waals surface area contributed by atoms with Gasteiger partial charge in [-0.3, -0.25) is 0 Å². The summed E-state index contributed by atoms with van der Waals surface area (Å²) < 4.78 is 11.4. The minimum absolute atomic E-state index is 0.0539. The van der Waals surface area contributed by atoms with Crippen LogP contribution in [-0.4, -0.2) is 35.7 Å². The Morgan fingerprint density at radius 3 is 3.00 bits per heavy atom. The van der Waals surface area contributed by atoms with E-state index in [1.165, 1.54) is 0 Å². The number of aromatic hydroxyl groups is 1. The Morgan fingerprint density at radius 1 is 1.32 bits per heavy atom. The fourth-order valence-corrected chi connectivity index (χ4v) is 3.66. The number of aryl methyl sites for hydroxylation is 1. The first-order chi connectivity index (χ1) is 12.1. The molecule has 1 saturated heterocycles. The number of urea groups is 1. The molecule has 0 saturated carbocycles. The summed E-state index contributed by atoms with van der Waals surface area (Å²) in [6, 6.07) is 9.14. The van der Waals surface area contributed by atoms with Gasteiger partial charge >= 0.3 is 6.03 Å². The van der Waals surface area contributed by atoms with Crippen LogP contribution in [0.4, 0.5) is 4.79 Å². The third kappa shape index (κ3) is 3.09. The predicted octanol–water partition coefficient (Wildman–Crippen LogP) is 3.06. The number of hydrogen-bond donors (Lipinski definition) is 2. The SMILES string of the molecule is Cc1ccc([C@@H]2CN(C(=O)N[C@H]3CCc4c(O)cccc43)CCO2)o1. The molecule has 6 nitrogen and oxygen atoms in total. The van der Waals surface area contributed by atoms with Crippen molar-refractivity contribution < 1.29 is 19.1 Å². The van der Waals surface area contributed by atoms with Gasteiger partial charge < -0.3 is 24.5 Å². The van der Waals surface area contributed by atoms with Crippen molar-refractivity contribution in [3.05, 3.63) is 53.0 Å². The largest absolute Gasteiger partial charge is 0.508 e. The highest BCUT2D eigenvalue weighted by Gasteiger charge is 2.31. The first kappa shape index (κ1) is 16.0. The van der Waals surface area contributed by atoms with E-state index in [0.717, 1.165) is 35.5 Å². The van der Waals surface area contributed by atoms with Crippen LogP contribution in [-0.2, 0) is 11.2 Å². The zero-order valence-corrected chi connectivity index (χ0v) is 14.2. The molecule has 25 heavy (non-hydrogen) atoms. The van der Waals surface area contributed by atoms with E-state index in [1.807, 2.05) is 31.2 Å². The summed E-state index contributed by atoms with van der Waals surface area (Å²) in [7, 11) is 0. The van der Waals surface area contributed by atoms with Crippen LogP contribution in [0.5, 0.6) is 5.75 Å². The molecule has 2 heterocycles. The van der Waals surface area contributed by atoms with Crippen LogP contribution < -0.4 is 5.32 Å². The molecule has 1 aromatic carbocycles. The van der Waals surface area contributed by atoms with E-state index in [-0.39, 0.29) is 18.2 Å². The topological polar surface area (TPSA) is 74.9 Å². The number of benzene rings is 1. The van der Waals surface area contributed by atoms with Gasteiger partial charge in [0.05, 0.1) is 19.2 Å². The number of phenols is 1. The van der Waals surface area contributed by atoms with Gasteiger partial charge in [0.1, 0.15) is 23.4 Å². The van der Waals surface area contributed by atoms with Crippen molar-refractivity contribution in [2.45, 2.75) is 31.9 Å². The first-order valence-electron chi connectivity index (χ1n) is 8.66. The number of hydrogen-bond acceptors (Lipinski definition) is 4. The normalized spacial score (nSPS) is 22.7. The average molecular weight is 342 g/mol.